The third-order valence-corrected chi connectivity index (χ3v) is 4.52. The molecule has 3 rings (SSSR count). The first-order valence-electron chi connectivity index (χ1n) is 6.91. The zero-order valence-electron chi connectivity index (χ0n) is 12.2. The molecule has 0 radical (unpaired) electrons. The highest BCUT2D eigenvalue weighted by atomic mass is 35.5. The molecular weight excluding hydrogens is 336 g/mol. The Morgan fingerprint density at radius 2 is 2.04 bits per heavy atom. The highest BCUT2D eigenvalue weighted by molar-refractivity contribution is 8.15. The van der Waals surface area contributed by atoms with Crippen LogP contribution in [0.1, 0.15) is 11.1 Å². The number of nitrogens with zero attached hydrogens (tertiary/aromatic N) is 1. The van der Waals surface area contributed by atoms with Crippen LogP contribution in [0.3, 0.4) is 0 Å². The fourth-order valence-electron chi connectivity index (χ4n) is 2.14. The number of imide groups is 1. The van der Waals surface area contributed by atoms with Gasteiger partial charge in [0.15, 0.2) is 0 Å². The first-order chi connectivity index (χ1) is 11.0. The second-order valence-corrected chi connectivity index (χ2v) is 6.72. The Morgan fingerprint density at radius 1 is 1.30 bits per heavy atom. The normalized spacial score (nSPS) is 17.2. The maximum atomic E-state index is 11.6. The van der Waals surface area contributed by atoms with Crippen molar-refractivity contribution in [2.24, 2.45) is 0 Å². The number of ether oxygens (including phenoxy) is 1. The molecule has 0 aliphatic carbocycles. The van der Waals surface area contributed by atoms with E-state index in [0.717, 1.165) is 22.9 Å². The van der Waals surface area contributed by atoms with Crippen LogP contribution in [0.4, 0.5) is 4.79 Å². The van der Waals surface area contributed by atoms with Crippen LogP contribution in [0, 0.1) is 6.92 Å². The van der Waals surface area contributed by atoms with E-state index in [1.54, 1.807) is 24.4 Å². The molecule has 1 atom stereocenters. The number of benzene rings is 1. The van der Waals surface area contributed by atoms with Crippen LogP contribution in [0.25, 0.3) is 0 Å². The number of thioether (sulfide) groups is 1. The Labute approximate surface area is 142 Å². The number of rotatable bonds is 4. The van der Waals surface area contributed by atoms with E-state index in [9.17, 15) is 9.59 Å². The van der Waals surface area contributed by atoms with E-state index in [0.29, 0.717) is 23.1 Å². The van der Waals surface area contributed by atoms with Crippen molar-refractivity contribution in [3.8, 4) is 11.6 Å². The lowest BCUT2D eigenvalue weighted by Gasteiger charge is -2.09. The molecule has 2 heterocycles. The van der Waals surface area contributed by atoms with Crippen molar-refractivity contribution in [3.05, 3.63) is 52.7 Å². The van der Waals surface area contributed by atoms with Crippen LogP contribution in [0.15, 0.2) is 36.5 Å². The van der Waals surface area contributed by atoms with Gasteiger partial charge in [0.25, 0.3) is 5.24 Å². The molecule has 1 unspecified atom stereocenters. The Balaban J connectivity index is 1.67. The molecule has 5 nitrogen and oxygen atoms in total. The molecule has 1 fully saturated rings. The second-order valence-electron chi connectivity index (χ2n) is 5.13. The number of hydrogen-bond donors (Lipinski definition) is 1. The van der Waals surface area contributed by atoms with Crippen molar-refractivity contribution in [2.45, 2.75) is 18.6 Å². The largest absolute Gasteiger partial charge is 0.438 e. The van der Waals surface area contributed by atoms with E-state index in [2.05, 4.69) is 10.3 Å². The summed E-state index contributed by atoms with van der Waals surface area (Å²) in [5.41, 5.74) is 1.90. The number of halogens is 1. The number of aryl methyl sites for hydroxylation is 1. The van der Waals surface area contributed by atoms with Gasteiger partial charge in [-0.1, -0.05) is 35.5 Å². The van der Waals surface area contributed by atoms with E-state index in [-0.39, 0.29) is 16.4 Å². The maximum Gasteiger partial charge on any atom is 0.286 e. The highest BCUT2D eigenvalue weighted by Gasteiger charge is 2.31. The van der Waals surface area contributed by atoms with Gasteiger partial charge in [-0.05, 0) is 42.7 Å². The zero-order valence-corrected chi connectivity index (χ0v) is 13.8. The number of nitrogens with one attached hydrogen (secondary N) is 1. The van der Waals surface area contributed by atoms with Crippen LogP contribution in [-0.2, 0) is 11.2 Å². The first kappa shape index (κ1) is 15.8. The Kier molecular flexibility index (Phi) is 4.54. The molecule has 2 aromatic rings. The fourth-order valence-corrected chi connectivity index (χ4v) is 3.26. The smallest absolute Gasteiger partial charge is 0.286 e. The van der Waals surface area contributed by atoms with Gasteiger partial charge in [0.05, 0.1) is 5.25 Å². The summed E-state index contributed by atoms with van der Waals surface area (Å²) in [6, 6.07) is 9.06. The number of carbonyl (C=O) groups excluding carboxylic acids is 2. The lowest BCUT2D eigenvalue weighted by molar-refractivity contribution is -0.118. The molecular formula is C16H13ClN2O3S. The third kappa shape index (κ3) is 3.83. The third-order valence-electron chi connectivity index (χ3n) is 3.27. The SMILES string of the molecule is Cc1cnc(Oc2ccc(CC3SC(=O)NC3=O)cc2)c(Cl)c1. The van der Waals surface area contributed by atoms with Gasteiger partial charge in [-0.25, -0.2) is 4.98 Å². The molecule has 1 N–H and O–H groups in total. The van der Waals surface area contributed by atoms with Gasteiger partial charge < -0.3 is 4.74 Å². The minimum atomic E-state index is -0.373. The van der Waals surface area contributed by atoms with Gasteiger partial charge in [0, 0.05) is 6.20 Å². The number of carbonyl (C=O) groups is 2. The minimum absolute atomic E-state index is 0.240. The van der Waals surface area contributed by atoms with E-state index in [4.69, 9.17) is 16.3 Å². The predicted molar refractivity (Wildman–Crippen MR) is 89.1 cm³/mol. The molecule has 0 spiro atoms. The molecule has 118 valence electrons. The standard InChI is InChI=1S/C16H13ClN2O3S/c1-9-6-12(17)15(18-8-9)22-11-4-2-10(3-5-11)7-13-14(20)19-16(21)23-13/h2-6,8,13H,7H2,1H3,(H,19,20,21). The van der Waals surface area contributed by atoms with Crippen LogP contribution in [0.2, 0.25) is 5.02 Å². The highest BCUT2D eigenvalue weighted by Crippen LogP contribution is 2.28. The van der Waals surface area contributed by atoms with Crippen LogP contribution in [0.5, 0.6) is 11.6 Å². The molecule has 0 saturated carbocycles. The average molecular weight is 349 g/mol. The molecule has 7 heteroatoms. The van der Waals surface area contributed by atoms with E-state index >= 15 is 0 Å². The predicted octanol–water partition coefficient (Wildman–Crippen LogP) is 3.73. The van der Waals surface area contributed by atoms with Crippen LogP contribution in [-0.4, -0.2) is 21.4 Å². The molecule has 23 heavy (non-hydrogen) atoms. The molecule has 1 aromatic heterocycles. The van der Waals surface area contributed by atoms with Crippen molar-refractivity contribution in [2.75, 3.05) is 0 Å². The second kappa shape index (κ2) is 6.60. The van der Waals surface area contributed by atoms with Gasteiger partial charge in [0.2, 0.25) is 11.8 Å². The molecule has 1 aliphatic rings. The average Bonchev–Trinajstić information content (AvgIpc) is 2.82. The molecule has 1 saturated heterocycles. The van der Waals surface area contributed by atoms with Gasteiger partial charge in [0.1, 0.15) is 10.8 Å². The summed E-state index contributed by atoms with van der Waals surface area (Å²) in [5, 5.41) is 2.07. The van der Waals surface area contributed by atoms with Gasteiger partial charge >= 0.3 is 0 Å². The van der Waals surface area contributed by atoms with Crippen molar-refractivity contribution < 1.29 is 14.3 Å². The Morgan fingerprint density at radius 3 is 2.65 bits per heavy atom. The Bertz CT molecular complexity index is 764. The summed E-state index contributed by atoms with van der Waals surface area (Å²) in [6.45, 7) is 1.90. The summed E-state index contributed by atoms with van der Waals surface area (Å²) >= 11 is 7.11. The quantitative estimate of drug-likeness (QED) is 0.911. The number of amides is 2. The summed E-state index contributed by atoms with van der Waals surface area (Å²) in [7, 11) is 0. The first-order valence-corrected chi connectivity index (χ1v) is 8.17. The van der Waals surface area contributed by atoms with Crippen molar-refractivity contribution in [1.82, 2.24) is 10.3 Å². The monoisotopic (exact) mass is 348 g/mol. The van der Waals surface area contributed by atoms with Gasteiger partial charge in [-0.15, -0.1) is 0 Å². The molecule has 2 amide bonds. The molecule has 1 aromatic carbocycles. The minimum Gasteiger partial charge on any atom is -0.438 e. The summed E-state index contributed by atoms with van der Waals surface area (Å²) in [5.74, 6) is 0.712. The van der Waals surface area contributed by atoms with Gasteiger partial charge in [-0.3, -0.25) is 14.9 Å². The summed E-state index contributed by atoms with van der Waals surface area (Å²) in [6.07, 6.45) is 2.18. The maximum absolute atomic E-state index is 11.6. The zero-order chi connectivity index (χ0) is 16.4. The van der Waals surface area contributed by atoms with E-state index < -0.39 is 0 Å². The van der Waals surface area contributed by atoms with Crippen molar-refractivity contribution in [1.29, 1.82) is 0 Å². The number of pyridine rings is 1. The van der Waals surface area contributed by atoms with E-state index in [1.807, 2.05) is 19.1 Å². The van der Waals surface area contributed by atoms with E-state index in [1.165, 1.54) is 0 Å². The van der Waals surface area contributed by atoms with Crippen LogP contribution >= 0.6 is 23.4 Å². The lowest BCUT2D eigenvalue weighted by atomic mass is 10.1. The molecule has 0 bridgehead atoms. The summed E-state index contributed by atoms with van der Waals surface area (Å²) < 4.78 is 5.65. The van der Waals surface area contributed by atoms with Crippen molar-refractivity contribution >= 4 is 34.5 Å². The summed E-state index contributed by atoms with van der Waals surface area (Å²) in [4.78, 5) is 26.9. The topological polar surface area (TPSA) is 68.3 Å². The number of hydrogen-bond acceptors (Lipinski definition) is 5. The molecule has 1 aliphatic heterocycles. The van der Waals surface area contributed by atoms with Gasteiger partial charge in [-0.2, -0.15) is 0 Å². The lowest BCUT2D eigenvalue weighted by Crippen LogP contribution is -2.25. The Hall–Kier alpha value is -2.05. The van der Waals surface area contributed by atoms with Crippen LogP contribution < -0.4 is 10.1 Å². The fraction of sp³-hybridized carbons (Fsp3) is 0.188. The number of aromatic nitrogens is 1. The van der Waals surface area contributed by atoms with Crippen molar-refractivity contribution in [3.63, 3.8) is 0 Å².